The van der Waals surface area contributed by atoms with Crippen LogP contribution in [0.3, 0.4) is 0 Å². The lowest BCUT2D eigenvalue weighted by Crippen LogP contribution is -2.34. The molecule has 0 aromatic heterocycles. The second-order valence-corrected chi connectivity index (χ2v) is 25.4. The van der Waals surface area contributed by atoms with Crippen molar-refractivity contribution in [2.45, 2.75) is 160 Å². The van der Waals surface area contributed by atoms with Crippen LogP contribution < -0.4 is 0 Å². The topological polar surface area (TPSA) is 105 Å². The van der Waals surface area contributed by atoms with E-state index in [9.17, 15) is 19.2 Å². The van der Waals surface area contributed by atoms with Gasteiger partial charge in [-0.15, -0.1) is 23.5 Å². The number of carbonyl (C=O) groups excluding carboxylic acids is 4. The van der Waals surface area contributed by atoms with Crippen molar-refractivity contribution in [2.24, 2.45) is 34.5 Å². The predicted octanol–water partition coefficient (Wildman–Crippen LogP) is 8.11. The summed E-state index contributed by atoms with van der Waals surface area (Å²) in [5.41, 5.74) is -0.678. The number of ether oxygens (including phenoxy) is 4. The standard InChI is InChI=1S/C21H32O4S2.C19H28O4S2/c1-19(2,11-24-17(22)13-5-7-20(3)15(9-13)26-20)12-25-18(23)14-6-8-21(4)16(10-14)27-21;1-19(2,9-22-17(20)11-3-5-13-15(7-11)24-13)10-23-18(21)12-4-6-14-16(8-12)25-14/h13-16H,5-12H2,1-4H3;11-16H,3-10H2,1-2H3. The van der Waals surface area contributed by atoms with Gasteiger partial charge in [0.25, 0.3) is 0 Å². The van der Waals surface area contributed by atoms with Gasteiger partial charge in [-0.05, 0) is 90.9 Å². The molecule has 292 valence electrons. The molecule has 0 aromatic carbocycles. The third-order valence-electron chi connectivity index (χ3n) is 12.8. The summed E-state index contributed by atoms with van der Waals surface area (Å²) in [7, 11) is 0. The van der Waals surface area contributed by atoms with Crippen molar-refractivity contribution in [2.75, 3.05) is 26.4 Å². The predicted molar refractivity (Wildman–Crippen MR) is 211 cm³/mol. The molecule has 12 atom stereocenters. The van der Waals surface area contributed by atoms with Gasteiger partial charge < -0.3 is 18.9 Å². The van der Waals surface area contributed by atoms with E-state index in [-0.39, 0.29) is 58.4 Å². The van der Waals surface area contributed by atoms with Gasteiger partial charge in [-0.25, -0.2) is 0 Å². The highest BCUT2D eigenvalue weighted by atomic mass is 32.2. The number of thioether (sulfide) groups is 4. The van der Waals surface area contributed by atoms with Crippen molar-refractivity contribution in [3.8, 4) is 0 Å². The van der Waals surface area contributed by atoms with Gasteiger partial charge in [0, 0.05) is 51.8 Å². The summed E-state index contributed by atoms with van der Waals surface area (Å²) in [4.78, 5) is 49.4. The minimum atomic E-state index is -0.347. The minimum absolute atomic E-state index is 0.0454. The van der Waals surface area contributed by atoms with Crippen LogP contribution in [-0.4, -0.2) is 91.3 Å². The molecule has 4 heterocycles. The third kappa shape index (κ3) is 9.98. The number of hydrogen-bond acceptors (Lipinski definition) is 12. The third-order valence-corrected chi connectivity index (χ3v) is 19.3. The Morgan fingerprint density at radius 2 is 0.827 bits per heavy atom. The number of hydrogen-bond donors (Lipinski definition) is 0. The molecule has 8 rings (SSSR count). The maximum absolute atomic E-state index is 12.4. The molecule has 0 bridgehead atoms. The maximum atomic E-state index is 12.4. The van der Waals surface area contributed by atoms with E-state index in [2.05, 4.69) is 13.8 Å². The molecule has 8 aliphatic rings. The normalized spacial score (nSPS) is 40.8. The van der Waals surface area contributed by atoms with Crippen LogP contribution in [0, 0.1) is 34.5 Å². The van der Waals surface area contributed by atoms with Gasteiger partial charge in [-0.1, -0.05) is 27.7 Å². The number of carbonyl (C=O) groups is 4. The Balaban J connectivity index is 0.000000162. The number of fused-ring (bicyclic) bond motifs is 4. The first kappa shape index (κ1) is 39.5. The Labute approximate surface area is 328 Å². The van der Waals surface area contributed by atoms with E-state index < -0.39 is 0 Å². The maximum Gasteiger partial charge on any atom is 0.308 e. The lowest BCUT2D eigenvalue weighted by molar-refractivity contribution is -0.160. The fraction of sp³-hybridized carbons (Fsp3) is 0.900. The van der Waals surface area contributed by atoms with E-state index in [0.717, 1.165) is 87.5 Å². The highest BCUT2D eigenvalue weighted by Crippen LogP contribution is 2.63. The molecule has 0 radical (unpaired) electrons. The highest BCUT2D eigenvalue weighted by Gasteiger charge is 2.56. The van der Waals surface area contributed by atoms with E-state index in [4.69, 9.17) is 18.9 Å². The lowest BCUT2D eigenvalue weighted by atomic mass is 9.83. The van der Waals surface area contributed by atoms with Crippen LogP contribution >= 0.6 is 47.0 Å². The molecule has 4 saturated carbocycles. The Hall–Kier alpha value is -0.720. The summed E-state index contributed by atoms with van der Waals surface area (Å²) >= 11 is 8.02. The molecule has 8 nitrogen and oxygen atoms in total. The Morgan fingerprint density at radius 3 is 1.13 bits per heavy atom. The molecule has 4 aliphatic carbocycles. The molecule has 12 unspecified atom stereocenters. The average Bonchev–Trinajstić information content (AvgIpc) is 3.94. The molecule has 8 fully saturated rings. The molecule has 4 saturated heterocycles. The smallest absolute Gasteiger partial charge is 0.308 e. The second kappa shape index (κ2) is 15.3. The van der Waals surface area contributed by atoms with Gasteiger partial charge in [-0.3, -0.25) is 19.2 Å². The van der Waals surface area contributed by atoms with Crippen LogP contribution in [0.1, 0.15) is 119 Å². The average molecular weight is 797 g/mol. The summed E-state index contributed by atoms with van der Waals surface area (Å²) in [5.74, 6) is -0.0268. The van der Waals surface area contributed by atoms with E-state index >= 15 is 0 Å². The summed E-state index contributed by atoms with van der Waals surface area (Å²) in [6.45, 7) is 13.9. The first-order valence-electron chi connectivity index (χ1n) is 19.8. The van der Waals surface area contributed by atoms with Gasteiger partial charge in [0.1, 0.15) is 0 Å². The van der Waals surface area contributed by atoms with E-state index in [0.29, 0.717) is 56.9 Å². The van der Waals surface area contributed by atoms with Crippen molar-refractivity contribution < 1.29 is 38.1 Å². The van der Waals surface area contributed by atoms with Crippen LogP contribution in [0.5, 0.6) is 0 Å². The van der Waals surface area contributed by atoms with Crippen molar-refractivity contribution >= 4 is 70.9 Å². The van der Waals surface area contributed by atoms with Gasteiger partial charge in [0.05, 0.1) is 50.1 Å². The lowest BCUT2D eigenvalue weighted by Gasteiger charge is -2.28. The molecular formula is C40H60O8S4. The molecule has 0 spiro atoms. The number of esters is 4. The molecule has 52 heavy (non-hydrogen) atoms. The fourth-order valence-corrected chi connectivity index (χ4v) is 13.7. The molecular weight excluding hydrogens is 737 g/mol. The van der Waals surface area contributed by atoms with Gasteiger partial charge in [0.15, 0.2) is 0 Å². The molecule has 0 N–H and O–H groups in total. The van der Waals surface area contributed by atoms with Crippen molar-refractivity contribution in [3.05, 3.63) is 0 Å². The van der Waals surface area contributed by atoms with Crippen LogP contribution in [-0.2, 0) is 38.1 Å². The molecule has 0 aromatic rings. The Bertz CT molecular complexity index is 1290. The van der Waals surface area contributed by atoms with E-state index in [1.54, 1.807) is 0 Å². The fourth-order valence-electron chi connectivity index (χ4n) is 8.58. The molecule has 12 heteroatoms. The van der Waals surface area contributed by atoms with Crippen molar-refractivity contribution in [1.82, 2.24) is 0 Å². The largest absolute Gasteiger partial charge is 0.465 e. The number of rotatable bonds is 12. The first-order valence-corrected chi connectivity index (χ1v) is 23.5. The molecule has 0 amide bonds. The molecule has 4 aliphatic heterocycles. The quantitative estimate of drug-likeness (QED) is 0.108. The first-order chi connectivity index (χ1) is 24.5. The second-order valence-electron chi connectivity index (χ2n) is 19.0. The van der Waals surface area contributed by atoms with E-state index in [1.165, 1.54) is 0 Å². The minimum Gasteiger partial charge on any atom is -0.465 e. The zero-order valence-corrected chi connectivity index (χ0v) is 35.3. The summed E-state index contributed by atoms with van der Waals surface area (Å²) < 4.78 is 23.2. The van der Waals surface area contributed by atoms with E-state index in [1.807, 2.05) is 74.7 Å². The Morgan fingerprint density at radius 1 is 0.500 bits per heavy atom. The zero-order valence-electron chi connectivity index (χ0n) is 32.0. The van der Waals surface area contributed by atoms with Gasteiger partial charge in [0.2, 0.25) is 0 Å². The summed E-state index contributed by atoms with van der Waals surface area (Å²) in [5, 5.41) is 4.28. The summed E-state index contributed by atoms with van der Waals surface area (Å²) in [6.07, 6.45) is 12.2. The SMILES string of the molecule is CC(C)(COC(=O)C1CCC2(C)SC2C1)COC(=O)C1CCC2(C)SC2C1.CC(C)(COC(=O)C1CCC2SC2C1)COC(=O)C1CCC2SC2C1. The van der Waals surface area contributed by atoms with Crippen LogP contribution in [0.15, 0.2) is 0 Å². The van der Waals surface area contributed by atoms with Crippen molar-refractivity contribution in [1.29, 1.82) is 0 Å². The van der Waals surface area contributed by atoms with Gasteiger partial charge >= 0.3 is 23.9 Å². The monoisotopic (exact) mass is 796 g/mol. The highest BCUT2D eigenvalue weighted by molar-refractivity contribution is 8.09. The van der Waals surface area contributed by atoms with Crippen LogP contribution in [0.2, 0.25) is 0 Å². The van der Waals surface area contributed by atoms with Crippen LogP contribution in [0.25, 0.3) is 0 Å². The zero-order chi connectivity index (χ0) is 37.1. The Kier molecular flexibility index (Phi) is 11.6. The van der Waals surface area contributed by atoms with Gasteiger partial charge in [-0.2, -0.15) is 23.5 Å². The summed E-state index contributed by atoms with van der Waals surface area (Å²) in [6, 6.07) is 0. The van der Waals surface area contributed by atoms with Crippen LogP contribution in [0.4, 0.5) is 0 Å². The van der Waals surface area contributed by atoms with Crippen molar-refractivity contribution in [3.63, 3.8) is 0 Å².